The molecule has 0 heterocycles. The molecule has 0 aliphatic carbocycles. The smallest absolute Gasteiger partial charge is 0.119 e. The molecule has 0 spiro atoms. The summed E-state index contributed by atoms with van der Waals surface area (Å²) in [5.41, 5.74) is 17.4. The van der Waals surface area contributed by atoms with Gasteiger partial charge in [0.15, 0.2) is 16.5 Å². The first kappa shape index (κ1) is 14.3. The molecule has 0 atom stereocenters. The largest absolute Gasteiger partial charge is 0.180 e. The maximum atomic E-state index is 8.68. The number of nitrogens with zero attached hydrogens (tertiary/aromatic N) is 6. The maximum Gasteiger partial charge on any atom is 0.180 e. The van der Waals surface area contributed by atoms with E-state index < -0.39 is 16.5 Å². The van der Waals surface area contributed by atoms with Crippen LogP contribution in [0.1, 0.15) is 0 Å². The number of hydrogen-bond donors (Lipinski definition) is 0. The zero-order chi connectivity index (χ0) is 13.8. The third kappa shape index (κ3) is 2.93. The highest BCUT2D eigenvalue weighted by Crippen LogP contribution is 2.10. The summed E-state index contributed by atoms with van der Waals surface area (Å²) in [5.74, 6) is 0. The van der Waals surface area contributed by atoms with Gasteiger partial charge in [0.1, 0.15) is 0 Å². The van der Waals surface area contributed by atoms with Crippen molar-refractivity contribution < 1.29 is 0 Å². The van der Waals surface area contributed by atoms with Crippen LogP contribution in [-0.2, 0) is 0 Å². The Kier molecular flexibility index (Phi) is 4.21. The van der Waals surface area contributed by atoms with E-state index in [9.17, 15) is 0 Å². The molecule has 1 aromatic carbocycles. The van der Waals surface area contributed by atoms with Gasteiger partial charge in [-0.1, -0.05) is 60.8 Å². The lowest BCUT2D eigenvalue weighted by Gasteiger charge is -2.26. The highest BCUT2D eigenvalue weighted by Gasteiger charge is 2.32. The molecule has 0 unspecified atom stereocenters. The summed E-state index contributed by atoms with van der Waals surface area (Å²) in [5, 5.41) is 2.12. The quantitative estimate of drug-likeness (QED) is 0.349. The minimum Gasteiger partial charge on any atom is -0.119 e. The number of rotatable bonds is 4. The lowest BCUT2D eigenvalue weighted by atomic mass is 10.4. The van der Waals surface area contributed by atoms with Crippen LogP contribution in [0, 0.1) is 0 Å². The van der Waals surface area contributed by atoms with Crippen LogP contribution in [-0.4, -0.2) is 16.5 Å². The predicted octanol–water partition coefficient (Wildman–Crippen LogP) is 3.13. The fraction of sp³-hybridized carbons (Fsp3) is 0.400. The zero-order valence-electron chi connectivity index (χ0n) is 11.0. The van der Waals surface area contributed by atoms with Gasteiger partial charge in [0.2, 0.25) is 0 Å². The molecule has 0 saturated heterocycles. The van der Waals surface area contributed by atoms with Crippen LogP contribution in [0.2, 0.25) is 26.2 Å². The second-order valence-electron chi connectivity index (χ2n) is 5.04. The standard InChI is InChI=1S/C10H16N6Si2/c1-17(2,15-13-11)9-7-5-6-8-10(9)18(3,4)16-14-12/h5-8H,1-4H3. The fourth-order valence-electron chi connectivity index (χ4n) is 1.88. The number of benzene rings is 1. The Bertz CT molecular complexity index is 492. The van der Waals surface area contributed by atoms with E-state index in [2.05, 4.69) is 19.4 Å². The monoisotopic (exact) mass is 276 g/mol. The molecule has 8 heteroatoms. The molecular formula is C10H16N6Si2. The second kappa shape index (κ2) is 5.28. The lowest BCUT2D eigenvalue weighted by molar-refractivity contribution is 1.51. The summed E-state index contributed by atoms with van der Waals surface area (Å²) in [6.07, 6.45) is 0. The second-order valence-corrected chi connectivity index (χ2v) is 12.8. The first-order chi connectivity index (χ1) is 8.35. The van der Waals surface area contributed by atoms with E-state index in [1.165, 1.54) is 0 Å². The molecule has 6 nitrogen and oxygen atoms in total. The van der Waals surface area contributed by atoms with E-state index in [-0.39, 0.29) is 0 Å². The van der Waals surface area contributed by atoms with Gasteiger partial charge in [-0.15, -0.1) is 9.56 Å². The average molecular weight is 276 g/mol. The Morgan fingerprint density at radius 1 is 0.833 bits per heavy atom. The summed E-state index contributed by atoms with van der Waals surface area (Å²) >= 11 is 0. The van der Waals surface area contributed by atoms with Gasteiger partial charge < -0.3 is 0 Å². The number of azide groups is 2. The molecule has 0 N–H and O–H groups in total. The van der Waals surface area contributed by atoms with E-state index in [4.69, 9.17) is 11.1 Å². The topological polar surface area (TPSA) is 97.5 Å². The predicted molar refractivity (Wildman–Crippen MR) is 79.0 cm³/mol. The van der Waals surface area contributed by atoms with Crippen LogP contribution in [0.5, 0.6) is 0 Å². The van der Waals surface area contributed by atoms with Gasteiger partial charge in [-0.25, -0.2) is 0 Å². The van der Waals surface area contributed by atoms with Crippen molar-refractivity contribution in [3.05, 3.63) is 45.2 Å². The molecule has 94 valence electrons. The van der Waals surface area contributed by atoms with Crippen molar-refractivity contribution in [3.8, 4) is 0 Å². The summed E-state index contributed by atoms with van der Waals surface area (Å²) in [7, 11) is -4.41. The molecule has 0 aromatic heterocycles. The molecule has 18 heavy (non-hydrogen) atoms. The van der Waals surface area contributed by atoms with Crippen molar-refractivity contribution in [1.29, 1.82) is 0 Å². The Morgan fingerprint density at radius 2 is 1.17 bits per heavy atom. The van der Waals surface area contributed by atoms with Crippen LogP contribution < -0.4 is 10.4 Å². The minimum atomic E-state index is -2.20. The van der Waals surface area contributed by atoms with Crippen molar-refractivity contribution >= 4 is 26.8 Å². The number of hydrogen-bond acceptors (Lipinski definition) is 2. The molecule has 0 saturated carbocycles. The van der Waals surface area contributed by atoms with Crippen LogP contribution in [0.25, 0.3) is 20.9 Å². The van der Waals surface area contributed by atoms with Crippen molar-refractivity contribution in [2.24, 2.45) is 9.56 Å². The molecule has 0 aliphatic heterocycles. The highest BCUT2D eigenvalue weighted by molar-refractivity contribution is 6.98. The molecule has 1 rings (SSSR count). The van der Waals surface area contributed by atoms with Gasteiger partial charge >= 0.3 is 0 Å². The molecule has 0 fully saturated rings. The Morgan fingerprint density at radius 3 is 1.44 bits per heavy atom. The van der Waals surface area contributed by atoms with Crippen molar-refractivity contribution in [2.45, 2.75) is 26.2 Å². The third-order valence-corrected chi connectivity index (χ3v) is 7.77. The SMILES string of the molecule is C[Si](C)(N=[N+]=[N-])c1ccccc1[Si](C)(C)N=[N+]=[N-]. The Balaban J connectivity index is 3.49. The van der Waals surface area contributed by atoms with E-state index in [1.807, 2.05) is 50.5 Å². The first-order valence-corrected chi connectivity index (χ1v) is 11.5. The summed E-state index contributed by atoms with van der Waals surface area (Å²) in [4.78, 5) is 5.90. The summed E-state index contributed by atoms with van der Waals surface area (Å²) in [6, 6.07) is 7.83. The third-order valence-electron chi connectivity index (χ3n) is 2.83. The van der Waals surface area contributed by atoms with Crippen LogP contribution >= 0.6 is 0 Å². The molecule has 0 bridgehead atoms. The Labute approximate surface area is 108 Å². The van der Waals surface area contributed by atoms with E-state index >= 15 is 0 Å². The maximum absolute atomic E-state index is 8.68. The zero-order valence-corrected chi connectivity index (χ0v) is 13.0. The van der Waals surface area contributed by atoms with Gasteiger partial charge in [0.05, 0.1) is 0 Å². The summed E-state index contributed by atoms with van der Waals surface area (Å²) < 4.78 is 7.94. The van der Waals surface area contributed by atoms with Crippen LogP contribution in [0.15, 0.2) is 33.8 Å². The van der Waals surface area contributed by atoms with E-state index in [1.54, 1.807) is 0 Å². The van der Waals surface area contributed by atoms with Crippen molar-refractivity contribution in [1.82, 2.24) is 0 Å². The lowest BCUT2D eigenvalue weighted by Crippen LogP contribution is -2.57. The average Bonchev–Trinajstić information content (AvgIpc) is 2.29. The van der Waals surface area contributed by atoms with Gasteiger partial charge in [0.25, 0.3) is 0 Å². The van der Waals surface area contributed by atoms with Gasteiger partial charge in [0, 0.05) is 0 Å². The highest BCUT2D eigenvalue weighted by atomic mass is 28.3. The molecule has 0 radical (unpaired) electrons. The molecule has 0 amide bonds. The minimum absolute atomic E-state index is 1.06. The Hall–Kier alpha value is -1.73. The molecule has 1 aromatic rings. The molecule has 0 aliphatic rings. The summed E-state index contributed by atoms with van der Waals surface area (Å²) in [6.45, 7) is 7.97. The van der Waals surface area contributed by atoms with Crippen LogP contribution in [0.4, 0.5) is 0 Å². The van der Waals surface area contributed by atoms with Crippen LogP contribution in [0.3, 0.4) is 0 Å². The molecular weight excluding hydrogens is 260 g/mol. The van der Waals surface area contributed by atoms with Gasteiger partial charge in [-0.2, -0.15) is 0 Å². The van der Waals surface area contributed by atoms with Crippen molar-refractivity contribution in [2.75, 3.05) is 0 Å². The first-order valence-electron chi connectivity index (χ1n) is 5.57. The van der Waals surface area contributed by atoms with Crippen molar-refractivity contribution in [3.63, 3.8) is 0 Å². The van der Waals surface area contributed by atoms with E-state index in [0.717, 1.165) is 10.4 Å². The normalized spacial score (nSPS) is 11.3. The van der Waals surface area contributed by atoms with Gasteiger partial charge in [-0.3, -0.25) is 0 Å². The van der Waals surface area contributed by atoms with Gasteiger partial charge in [-0.05, 0) is 20.9 Å². The fourth-order valence-corrected chi connectivity index (χ4v) is 6.87. The van der Waals surface area contributed by atoms with E-state index in [0.29, 0.717) is 0 Å².